The van der Waals surface area contributed by atoms with Crippen molar-refractivity contribution in [2.75, 3.05) is 0 Å². The van der Waals surface area contributed by atoms with Crippen LogP contribution in [0.4, 0.5) is 0 Å². The van der Waals surface area contributed by atoms with E-state index in [-0.39, 0.29) is 5.75 Å². The Morgan fingerprint density at radius 3 is 2.88 bits per heavy atom. The van der Waals surface area contributed by atoms with E-state index in [1.165, 1.54) is 0 Å². The summed E-state index contributed by atoms with van der Waals surface area (Å²) >= 11 is 0. The zero-order valence-corrected chi connectivity index (χ0v) is 9.09. The van der Waals surface area contributed by atoms with Crippen LogP contribution in [0.2, 0.25) is 0 Å². The molecule has 0 saturated heterocycles. The van der Waals surface area contributed by atoms with E-state index in [1.54, 1.807) is 22.9 Å². The number of hydrogen-bond acceptors (Lipinski definition) is 4. The molecule has 0 fully saturated rings. The average molecular weight is 218 g/mol. The van der Waals surface area contributed by atoms with Crippen molar-refractivity contribution < 1.29 is 5.11 Å². The standard InChI is InChI=1S/C11H14N4O/c1-2-11-10(7-12)13-14-15(11)8-4-3-5-9(16)6-8/h3-6,16H,2,7,12H2,1H3. The first-order valence-electron chi connectivity index (χ1n) is 5.19. The maximum absolute atomic E-state index is 9.42. The Labute approximate surface area is 93.5 Å². The van der Waals surface area contributed by atoms with Crippen molar-refractivity contribution in [3.8, 4) is 11.4 Å². The van der Waals surface area contributed by atoms with Crippen LogP contribution in [-0.4, -0.2) is 20.1 Å². The highest BCUT2D eigenvalue weighted by atomic mass is 16.3. The lowest BCUT2D eigenvalue weighted by molar-refractivity contribution is 0.474. The summed E-state index contributed by atoms with van der Waals surface area (Å²) in [7, 11) is 0. The van der Waals surface area contributed by atoms with Gasteiger partial charge in [-0.1, -0.05) is 18.2 Å². The van der Waals surface area contributed by atoms with Gasteiger partial charge in [0.1, 0.15) is 5.75 Å². The van der Waals surface area contributed by atoms with Gasteiger partial charge in [-0.15, -0.1) is 5.10 Å². The van der Waals surface area contributed by atoms with Crippen LogP contribution in [0.3, 0.4) is 0 Å². The van der Waals surface area contributed by atoms with E-state index in [2.05, 4.69) is 10.3 Å². The summed E-state index contributed by atoms with van der Waals surface area (Å²) < 4.78 is 1.71. The number of nitrogens with two attached hydrogens (primary N) is 1. The van der Waals surface area contributed by atoms with Gasteiger partial charge in [0.25, 0.3) is 0 Å². The first-order valence-corrected chi connectivity index (χ1v) is 5.19. The van der Waals surface area contributed by atoms with Gasteiger partial charge in [-0.25, -0.2) is 4.68 Å². The highest BCUT2D eigenvalue weighted by molar-refractivity contribution is 5.39. The van der Waals surface area contributed by atoms with Crippen molar-refractivity contribution >= 4 is 0 Å². The number of hydrogen-bond donors (Lipinski definition) is 2. The molecule has 0 atom stereocenters. The van der Waals surface area contributed by atoms with Crippen LogP contribution in [0.5, 0.6) is 5.75 Å². The van der Waals surface area contributed by atoms with Crippen molar-refractivity contribution in [2.24, 2.45) is 5.73 Å². The second kappa shape index (κ2) is 4.32. The third kappa shape index (κ3) is 1.77. The molecule has 84 valence electrons. The molecule has 1 heterocycles. The number of aromatic nitrogens is 3. The number of benzene rings is 1. The maximum atomic E-state index is 9.42. The molecule has 0 aliphatic rings. The molecule has 5 nitrogen and oxygen atoms in total. The molecule has 2 aromatic rings. The van der Waals surface area contributed by atoms with Crippen LogP contribution in [0.1, 0.15) is 18.3 Å². The molecule has 0 aliphatic carbocycles. The van der Waals surface area contributed by atoms with Gasteiger partial charge in [-0.3, -0.25) is 0 Å². The zero-order chi connectivity index (χ0) is 11.5. The molecule has 5 heteroatoms. The van der Waals surface area contributed by atoms with Crippen LogP contribution in [0.25, 0.3) is 5.69 Å². The van der Waals surface area contributed by atoms with Crippen LogP contribution in [0.15, 0.2) is 24.3 Å². The molecule has 2 rings (SSSR count). The topological polar surface area (TPSA) is 77.0 Å². The third-order valence-corrected chi connectivity index (χ3v) is 2.45. The van der Waals surface area contributed by atoms with E-state index in [9.17, 15) is 5.11 Å². The fourth-order valence-electron chi connectivity index (χ4n) is 1.68. The van der Waals surface area contributed by atoms with Crippen molar-refractivity contribution in [3.05, 3.63) is 35.7 Å². The summed E-state index contributed by atoms with van der Waals surface area (Å²) in [4.78, 5) is 0. The minimum atomic E-state index is 0.212. The van der Waals surface area contributed by atoms with Crippen molar-refractivity contribution in [1.29, 1.82) is 0 Å². The van der Waals surface area contributed by atoms with Crippen LogP contribution in [-0.2, 0) is 13.0 Å². The summed E-state index contributed by atoms with van der Waals surface area (Å²) in [5, 5.41) is 17.5. The Bertz CT molecular complexity index is 492. The van der Waals surface area contributed by atoms with E-state index in [4.69, 9.17) is 5.73 Å². The molecule has 1 aromatic carbocycles. The molecule has 3 N–H and O–H groups in total. The highest BCUT2D eigenvalue weighted by Gasteiger charge is 2.11. The minimum absolute atomic E-state index is 0.212. The van der Waals surface area contributed by atoms with Gasteiger partial charge in [0.15, 0.2) is 0 Å². The van der Waals surface area contributed by atoms with Gasteiger partial charge >= 0.3 is 0 Å². The van der Waals surface area contributed by atoms with Crippen molar-refractivity contribution in [2.45, 2.75) is 19.9 Å². The molecule has 0 spiro atoms. The second-order valence-corrected chi connectivity index (χ2v) is 3.47. The quantitative estimate of drug-likeness (QED) is 0.805. The number of nitrogens with zero attached hydrogens (tertiary/aromatic N) is 3. The predicted octanol–water partition coefficient (Wildman–Crippen LogP) is 0.994. The zero-order valence-electron chi connectivity index (χ0n) is 9.09. The Balaban J connectivity index is 2.51. The summed E-state index contributed by atoms with van der Waals surface area (Å²) in [6.45, 7) is 2.40. The summed E-state index contributed by atoms with van der Waals surface area (Å²) in [5.41, 5.74) is 8.15. The van der Waals surface area contributed by atoms with Crippen molar-refractivity contribution in [3.63, 3.8) is 0 Å². The minimum Gasteiger partial charge on any atom is -0.508 e. The first kappa shape index (κ1) is 10.6. The third-order valence-electron chi connectivity index (χ3n) is 2.45. The summed E-state index contributed by atoms with van der Waals surface area (Å²) in [5.74, 6) is 0.212. The van der Waals surface area contributed by atoms with Crippen LogP contribution >= 0.6 is 0 Å². The number of phenols is 1. The molecule has 0 radical (unpaired) electrons. The van der Waals surface area contributed by atoms with Gasteiger partial charge in [0.05, 0.1) is 17.1 Å². The molecular weight excluding hydrogens is 204 g/mol. The molecule has 16 heavy (non-hydrogen) atoms. The van der Waals surface area contributed by atoms with Crippen LogP contribution in [0, 0.1) is 0 Å². The van der Waals surface area contributed by atoms with E-state index < -0.39 is 0 Å². The Hall–Kier alpha value is -1.88. The van der Waals surface area contributed by atoms with E-state index in [0.717, 1.165) is 23.5 Å². The molecule has 0 aliphatic heterocycles. The van der Waals surface area contributed by atoms with Gasteiger partial charge in [-0.2, -0.15) is 0 Å². The number of rotatable bonds is 3. The van der Waals surface area contributed by atoms with Gasteiger partial charge < -0.3 is 10.8 Å². The fraction of sp³-hybridized carbons (Fsp3) is 0.273. The summed E-state index contributed by atoms with van der Waals surface area (Å²) in [6, 6.07) is 6.91. The Kier molecular flexibility index (Phi) is 2.87. The lowest BCUT2D eigenvalue weighted by atomic mass is 10.2. The lowest BCUT2D eigenvalue weighted by Gasteiger charge is -2.05. The monoisotopic (exact) mass is 218 g/mol. The first-order chi connectivity index (χ1) is 7.76. The van der Waals surface area contributed by atoms with E-state index in [0.29, 0.717) is 6.54 Å². The van der Waals surface area contributed by atoms with E-state index in [1.807, 2.05) is 13.0 Å². The SMILES string of the molecule is CCc1c(CN)nnn1-c1cccc(O)c1. The highest BCUT2D eigenvalue weighted by Crippen LogP contribution is 2.17. The maximum Gasteiger partial charge on any atom is 0.117 e. The molecular formula is C11H14N4O. The molecule has 0 unspecified atom stereocenters. The molecule has 0 amide bonds. The van der Waals surface area contributed by atoms with Crippen LogP contribution < -0.4 is 5.73 Å². The Morgan fingerprint density at radius 2 is 2.25 bits per heavy atom. The van der Waals surface area contributed by atoms with E-state index >= 15 is 0 Å². The Morgan fingerprint density at radius 1 is 1.44 bits per heavy atom. The second-order valence-electron chi connectivity index (χ2n) is 3.47. The number of phenolic OH excluding ortho intramolecular Hbond substituents is 1. The smallest absolute Gasteiger partial charge is 0.117 e. The molecule has 0 bridgehead atoms. The summed E-state index contributed by atoms with van der Waals surface area (Å²) in [6.07, 6.45) is 0.801. The average Bonchev–Trinajstić information content (AvgIpc) is 2.71. The largest absolute Gasteiger partial charge is 0.508 e. The van der Waals surface area contributed by atoms with Gasteiger partial charge in [-0.05, 0) is 18.6 Å². The van der Waals surface area contributed by atoms with Gasteiger partial charge in [0.2, 0.25) is 0 Å². The van der Waals surface area contributed by atoms with Gasteiger partial charge in [0, 0.05) is 12.6 Å². The molecule has 0 saturated carbocycles. The normalized spacial score (nSPS) is 10.6. The fourth-order valence-corrected chi connectivity index (χ4v) is 1.68. The lowest BCUT2D eigenvalue weighted by Crippen LogP contribution is -2.05. The molecule has 1 aromatic heterocycles. The predicted molar refractivity (Wildman–Crippen MR) is 60.3 cm³/mol. The number of aromatic hydroxyl groups is 1. The van der Waals surface area contributed by atoms with Crippen molar-refractivity contribution in [1.82, 2.24) is 15.0 Å².